The molecule has 0 radical (unpaired) electrons. The highest BCUT2D eigenvalue weighted by Crippen LogP contribution is 2.46. The SMILES string of the molecule is CCC(CC)(c1ccc(OCC(O)C(C)(C)C)c(C)c1)c1ccc(C(=O)O)c(C)c1.CCC(CC)(c1ccc(OCC(O)C(C)(C)C)c(C)c1)c1ccc(C(=O)O)c(C)c1.CCC(CC)(c1ccc(OCC(O)C(C)(C)C)c(C)c1)c1ccc(C(=O)OC)c(C)c1.CCC(CC)(c1ccc(OCC(O)C(C)(C)C)c(C)c1)c1ccc(C(=O)OC)c(C)c1. The van der Waals surface area contributed by atoms with Gasteiger partial charge in [0.25, 0.3) is 0 Å². The molecule has 0 saturated heterocycles. The number of aromatic carboxylic acids is 2. The van der Waals surface area contributed by atoms with Crippen molar-refractivity contribution in [3.63, 3.8) is 0 Å². The average molecular weight is 1680 g/mol. The van der Waals surface area contributed by atoms with Crippen molar-refractivity contribution in [2.75, 3.05) is 40.6 Å². The van der Waals surface area contributed by atoms with Crippen molar-refractivity contribution < 1.29 is 78.2 Å². The van der Waals surface area contributed by atoms with Crippen molar-refractivity contribution in [2.24, 2.45) is 21.7 Å². The van der Waals surface area contributed by atoms with Crippen molar-refractivity contribution >= 4 is 23.9 Å². The molecule has 4 unspecified atom stereocenters. The highest BCUT2D eigenvalue weighted by Gasteiger charge is 2.38. The molecule has 668 valence electrons. The van der Waals surface area contributed by atoms with Gasteiger partial charge in [-0.15, -0.1) is 0 Å². The Morgan fingerprint density at radius 1 is 0.262 bits per heavy atom. The molecule has 0 aliphatic heterocycles. The van der Waals surface area contributed by atoms with Crippen LogP contribution in [0.5, 0.6) is 23.0 Å². The number of ether oxygens (including phenoxy) is 6. The fourth-order valence-electron chi connectivity index (χ4n) is 16.0. The van der Waals surface area contributed by atoms with Crippen LogP contribution >= 0.6 is 0 Å². The molecular formula is C106H148O16. The summed E-state index contributed by atoms with van der Waals surface area (Å²) in [6, 6.07) is 48.5. The summed E-state index contributed by atoms with van der Waals surface area (Å²) >= 11 is 0. The first kappa shape index (κ1) is 103. The molecule has 16 heteroatoms. The van der Waals surface area contributed by atoms with Crippen molar-refractivity contribution in [3.8, 4) is 23.0 Å². The Hall–Kier alpha value is -9.32. The molecule has 0 aliphatic rings. The van der Waals surface area contributed by atoms with Crippen LogP contribution in [-0.2, 0) is 31.1 Å². The van der Waals surface area contributed by atoms with Gasteiger partial charge >= 0.3 is 23.9 Å². The van der Waals surface area contributed by atoms with Gasteiger partial charge in [-0.1, -0.05) is 236 Å². The Kier molecular flexibility index (Phi) is 37.1. The van der Waals surface area contributed by atoms with Crippen LogP contribution in [0.15, 0.2) is 146 Å². The number of aryl methyl sites for hydroxylation is 8. The van der Waals surface area contributed by atoms with E-state index in [2.05, 4.69) is 116 Å². The number of hydrogen-bond donors (Lipinski definition) is 6. The Bertz CT molecular complexity index is 4480. The highest BCUT2D eigenvalue weighted by atomic mass is 16.5. The molecule has 6 N–H and O–H groups in total. The Labute approximate surface area is 731 Å². The molecule has 0 spiro atoms. The molecule has 122 heavy (non-hydrogen) atoms. The van der Waals surface area contributed by atoms with Crippen LogP contribution in [-0.4, -0.2) is 120 Å². The normalized spacial score (nSPS) is 13.1. The fourth-order valence-corrected chi connectivity index (χ4v) is 16.0. The molecule has 0 heterocycles. The van der Waals surface area contributed by atoms with Crippen molar-refractivity contribution in [1.29, 1.82) is 0 Å². The molecule has 8 aromatic rings. The topological polar surface area (TPSA) is 245 Å². The quantitative estimate of drug-likeness (QED) is 0.0215. The number of aliphatic hydroxyl groups excluding tert-OH is 4. The summed E-state index contributed by atoms with van der Waals surface area (Å²) in [6.45, 7) is 58.2. The molecule has 0 amide bonds. The van der Waals surface area contributed by atoms with Gasteiger partial charge in [-0.25, -0.2) is 19.2 Å². The van der Waals surface area contributed by atoms with Crippen molar-refractivity contribution in [1.82, 2.24) is 0 Å². The summed E-state index contributed by atoms with van der Waals surface area (Å²) in [6.07, 6.45) is 5.18. The fraction of sp³-hybridized carbons (Fsp3) is 0.509. The lowest BCUT2D eigenvalue weighted by Gasteiger charge is -2.34. The van der Waals surface area contributed by atoms with Gasteiger partial charge in [0, 0.05) is 21.7 Å². The summed E-state index contributed by atoms with van der Waals surface area (Å²) in [7, 11) is 2.82. The molecule has 0 fully saturated rings. The van der Waals surface area contributed by atoms with Gasteiger partial charge in [-0.2, -0.15) is 0 Å². The first-order valence-corrected chi connectivity index (χ1v) is 43.7. The number of methoxy groups -OCH3 is 2. The number of benzene rings is 8. The maximum Gasteiger partial charge on any atom is 0.338 e. The van der Waals surface area contributed by atoms with Crippen LogP contribution in [0, 0.1) is 77.0 Å². The third-order valence-electron chi connectivity index (χ3n) is 25.7. The average Bonchev–Trinajstić information content (AvgIpc) is 0.781. The molecule has 0 aromatic heterocycles. The highest BCUT2D eigenvalue weighted by molar-refractivity contribution is 5.92. The standard InChI is InChI=1S/2C27H38O4.2C26H36O4/c2*1-9-27(10-2,20-11-13-22(18(3)15-20)25(29)30-8)21-12-14-23(19(4)16-21)31-17-24(28)26(5,6)7;2*1-8-26(9-2,19-10-12-21(24(28)29)17(3)14-19)20-11-13-22(18(4)15-20)30-16-23(27)25(5,6)7/h2*11-16,24,28H,9-10,17H2,1-8H3;2*10-15,23,27H,8-9,16H2,1-7H3,(H,28,29). The molecule has 0 aliphatic carbocycles. The second kappa shape index (κ2) is 43.8. The van der Waals surface area contributed by atoms with E-state index >= 15 is 0 Å². The first-order chi connectivity index (χ1) is 56.9. The summed E-state index contributed by atoms with van der Waals surface area (Å²) in [5.74, 6) is 0.742. The largest absolute Gasteiger partial charge is 0.491 e. The summed E-state index contributed by atoms with van der Waals surface area (Å²) < 4.78 is 33.5. The Morgan fingerprint density at radius 2 is 0.418 bits per heavy atom. The van der Waals surface area contributed by atoms with E-state index in [0.29, 0.717) is 22.3 Å². The zero-order valence-corrected chi connectivity index (χ0v) is 79.4. The first-order valence-electron chi connectivity index (χ1n) is 43.7. The smallest absolute Gasteiger partial charge is 0.338 e. The maximum atomic E-state index is 12.0. The van der Waals surface area contributed by atoms with E-state index in [-0.39, 0.29) is 81.7 Å². The van der Waals surface area contributed by atoms with Crippen LogP contribution in [0.3, 0.4) is 0 Å². The van der Waals surface area contributed by atoms with Gasteiger partial charge in [0.15, 0.2) is 0 Å². The predicted molar refractivity (Wildman–Crippen MR) is 495 cm³/mol. The zero-order chi connectivity index (χ0) is 92.2. The van der Waals surface area contributed by atoms with Crippen LogP contribution < -0.4 is 18.9 Å². The van der Waals surface area contributed by atoms with Gasteiger partial charge in [0.05, 0.1) is 60.9 Å². The van der Waals surface area contributed by atoms with Gasteiger partial charge in [-0.3, -0.25) is 0 Å². The molecule has 0 saturated carbocycles. The molecule has 8 aromatic carbocycles. The minimum Gasteiger partial charge on any atom is -0.491 e. The molecular weight excluding hydrogens is 1530 g/mol. The number of esters is 2. The van der Waals surface area contributed by atoms with E-state index in [4.69, 9.17) is 28.4 Å². The maximum absolute atomic E-state index is 12.0. The van der Waals surface area contributed by atoms with E-state index in [1.165, 1.54) is 47.6 Å². The summed E-state index contributed by atoms with van der Waals surface area (Å²) in [5, 5.41) is 59.9. The second-order valence-electron chi connectivity index (χ2n) is 37.6. The van der Waals surface area contributed by atoms with Crippen LogP contribution in [0.2, 0.25) is 0 Å². The van der Waals surface area contributed by atoms with Crippen molar-refractivity contribution in [3.05, 3.63) is 257 Å². The summed E-state index contributed by atoms with van der Waals surface area (Å²) in [5.41, 5.74) is 17.3. The lowest BCUT2D eigenvalue weighted by molar-refractivity contribution is 0.0216. The summed E-state index contributed by atoms with van der Waals surface area (Å²) in [4.78, 5) is 46.8. The monoisotopic (exact) mass is 1680 g/mol. The van der Waals surface area contributed by atoms with Gasteiger partial charge in [-0.05, 0) is 266 Å². The number of hydrogen-bond acceptors (Lipinski definition) is 14. The number of aliphatic hydroxyl groups is 4. The van der Waals surface area contributed by atoms with E-state index in [9.17, 15) is 49.8 Å². The van der Waals surface area contributed by atoms with Gasteiger partial charge < -0.3 is 59.1 Å². The van der Waals surface area contributed by atoms with Gasteiger partial charge in [0.2, 0.25) is 0 Å². The lowest BCUT2D eigenvalue weighted by atomic mass is 9.70. The van der Waals surface area contributed by atoms with E-state index in [0.717, 1.165) is 130 Å². The van der Waals surface area contributed by atoms with Gasteiger partial charge in [0.1, 0.15) is 49.4 Å². The number of carboxylic acids is 2. The van der Waals surface area contributed by atoms with Crippen LogP contribution in [0.25, 0.3) is 0 Å². The molecule has 8 rings (SSSR count). The van der Waals surface area contributed by atoms with E-state index < -0.39 is 36.4 Å². The molecule has 0 bridgehead atoms. The number of carboxylic acid groups (broad SMARTS) is 2. The Balaban J connectivity index is 0.000000289. The zero-order valence-electron chi connectivity index (χ0n) is 79.4. The third-order valence-corrected chi connectivity index (χ3v) is 25.7. The third kappa shape index (κ3) is 25.0. The minimum atomic E-state index is -0.896. The molecule has 16 nitrogen and oxygen atoms in total. The van der Waals surface area contributed by atoms with E-state index in [1.54, 1.807) is 12.1 Å². The lowest BCUT2D eigenvalue weighted by Crippen LogP contribution is -2.32. The van der Waals surface area contributed by atoms with Crippen molar-refractivity contribution in [2.45, 2.75) is 291 Å². The molecule has 4 atom stereocenters. The van der Waals surface area contributed by atoms with Crippen LogP contribution in [0.4, 0.5) is 0 Å². The van der Waals surface area contributed by atoms with E-state index in [1.807, 2.05) is 211 Å². The number of rotatable bonds is 32. The predicted octanol–water partition coefficient (Wildman–Crippen LogP) is 23.8. The Morgan fingerprint density at radius 3 is 0.549 bits per heavy atom. The number of carbonyl (C=O) groups is 4. The second-order valence-corrected chi connectivity index (χ2v) is 37.6. The minimum absolute atomic E-state index is 0.159. The van der Waals surface area contributed by atoms with Crippen LogP contribution in [0.1, 0.15) is 320 Å². The number of carbonyl (C=O) groups excluding carboxylic acids is 2.